The van der Waals surface area contributed by atoms with E-state index in [1.807, 2.05) is 48.5 Å². The number of aliphatic hydroxyl groups excluding tert-OH is 1. The summed E-state index contributed by atoms with van der Waals surface area (Å²) in [6.07, 6.45) is 4.52. The minimum absolute atomic E-state index is 0.149. The van der Waals surface area contributed by atoms with Crippen LogP contribution in [0, 0.1) is 10.4 Å². The van der Waals surface area contributed by atoms with E-state index < -0.39 is 16.5 Å². The summed E-state index contributed by atoms with van der Waals surface area (Å²) in [5.74, 6) is 0.149. The van der Waals surface area contributed by atoms with Crippen LogP contribution in [-0.4, -0.2) is 39.6 Å². The molecule has 1 spiro atoms. The Kier molecular flexibility index (Phi) is 3.98. The largest absolute Gasteiger partial charge is 0.629 e. The molecule has 2 N–H and O–H groups in total. The summed E-state index contributed by atoms with van der Waals surface area (Å²) in [6, 6.07) is 17.2. The average molecular weight is 414 g/mol. The first-order valence-corrected chi connectivity index (χ1v) is 10.8. The molecule has 6 nitrogen and oxygen atoms in total. The number of hydroxylamine groups is 4. The third-order valence-electron chi connectivity index (χ3n) is 7.16. The Hall–Kier alpha value is -2.90. The molecule has 2 aliphatic carbocycles. The van der Waals surface area contributed by atoms with Crippen LogP contribution in [0.3, 0.4) is 0 Å². The lowest BCUT2D eigenvalue weighted by atomic mass is 9.80. The van der Waals surface area contributed by atoms with Gasteiger partial charge < -0.3 is 25.6 Å². The Bertz CT molecular complexity index is 1150. The van der Waals surface area contributed by atoms with E-state index in [4.69, 9.17) is 0 Å². The summed E-state index contributed by atoms with van der Waals surface area (Å²) in [7, 11) is 0. The first-order chi connectivity index (χ1) is 15.0. The van der Waals surface area contributed by atoms with Gasteiger partial charge >= 0.3 is 0 Å². The van der Waals surface area contributed by atoms with E-state index in [1.54, 1.807) is 6.08 Å². The van der Waals surface area contributed by atoms with Crippen molar-refractivity contribution in [2.45, 2.75) is 31.1 Å². The predicted octanol–water partition coefficient (Wildman–Crippen LogP) is 3.72. The van der Waals surface area contributed by atoms with Crippen LogP contribution in [-0.2, 0) is 13.0 Å². The molecule has 2 aromatic rings. The molecule has 6 rings (SSSR count). The van der Waals surface area contributed by atoms with Gasteiger partial charge in [0, 0.05) is 43.2 Å². The van der Waals surface area contributed by atoms with Crippen LogP contribution >= 0.6 is 0 Å². The number of hydrogen-bond acceptors (Lipinski definition) is 5. The SMILES string of the molecule is [O-][N+]1([O-])C2C(=CC(O)=C3Cc4ccccc4C=C32)NC12CCN(Cc1ccccc1)C2. The number of quaternary nitrogens is 1. The smallest absolute Gasteiger partial charge is 0.186 e. The summed E-state index contributed by atoms with van der Waals surface area (Å²) in [6.45, 7) is 1.77. The van der Waals surface area contributed by atoms with Gasteiger partial charge in [-0.15, -0.1) is 0 Å². The van der Waals surface area contributed by atoms with Crippen molar-refractivity contribution >= 4 is 6.08 Å². The molecule has 2 unspecified atom stereocenters. The second kappa shape index (κ2) is 6.55. The van der Waals surface area contributed by atoms with E-state index in [1.165, 1.54) is 0 Å². The number of nitrogens with one attached hydrogen (secondary N) is 1. The number of aliphatic hydroxyl groups is 1. The lowest BCUT2D eigenvalue weighted by Gasteiger charge is -2.57. The Morgan fingerprint density at radius 3 is 2.68 bits per heavy atom. The van der Waals surface area contributed by atoms with Crippen LogP contribution in [0.1, 0.15) is 23.1 Å². The fourth-order valence-corrected chi connectivity index (χ4v) is 5.61. The Balaban J connectivity index is 1.35. The normalized spacial score (nSPS) is 28.5. The van der Waals surface area contributed by atoms with Gasteiger partial charge in [-0.1, -0.05) is 54.6 Å². The highest BCUT2D eigenvalue weighted by molar-refractivity contribution is 5.71. The molecule has 0 aromatic heterocycles. The number of benzene rings is 2. The van der Waals surface area contributed by atoms with Crippen molar-refractivity contribution in [3.05, 3.63) is 110 Å². The van der Waals surface area contributed by atoms with Crippen LogP contribution in [0.25, 0.3) is 6.08 Å². The molecule has 2 atom stereocenters. The van der Waals surface area contributed by atoms with Gasteiger partial charge in [0.15, 0.2) is 11.7 Å². The van der Waals surface area contributed by atoms with Crippen LogP contribution < -0.4 is 5.32 Å². The zero-order chi connectivity index (χ0) is 21.2. The average Bonchev–Trinajstić information content (AvgIpc) is 3.26. The van der Waals surface area contributed by atoms with Crippen molar-refractivity contribution in [1.29, 1.82) is 0 Å². The van der Waals surface area contributed by atoms with E-state index in [2.05, 4.69) is 22.3 Å². The molecule has 31 heavy (non-hydrogen) atoms. The molecule has 158 valence electrons. The van der Waals surface area contributed by atoms with Crippen LogP contribution in [0.2, 0.25) is 0 Å². The molecule has 2 heterocycles. The van der Waals surface area contributed by atoms with Gasteiger partial charge in [-0.2, -0.15) is 0 Å². The molecule has 4 aliphatic rings. The number of nitrogens with zero attached hydrogens (tertiary/aromatic N) is 2. The minimum Gasteiger partial charge on any atom is -0.629 e. The molecule has 2 saturated heterocycles. The number of fused-ring (bicyclic) bond motifs is 4. The predicted molar refractivity (Wildman–Crippen MR) is 119 cm³/mol. The second-order valence-electron chi connectivity index (χ2n) is 9.04. The highest BCUT2D eigenvalue weighted by Crippen LogP contribution is 2.49. The monoisotopic (exact) mass is 414 g/mol. The Morgan fingerprint density at radius 1 is 1.06 bits per heavy atom. The summed E-state index contributed by atoms with van der Waals surface area (Å²) in [5, 5.41) is 41.6. The van der Waals surface area contributed by atoms with E-state index >= 15 is 0 Å². The molecule has 2 aromatic carbocycles. The third kappa shape index (κ3) is 2.73. The summed E-state index contributed by atoms with van der Waals surface area (Å²) < 4.78 is 0. The van der Waals surface area contributed by atoms with Gasteiger partial charge in [-0.25, -0.2) is 0 Å². The lowest BCUT2D eigenvalue weighted by molar-refractivity contribution is -0.887. The van der Waals surface area contributed by atoms with Crippen molar-refractivity contribution in [3.63, 3.8) is 0 Å². The van der Waals surface area contributed by atoms with Gasteiger partial charge in [0.05, 0.1) is 12.2 Å². The number of hydrogen-bond donors (Lipinski definition) is 2. The number of likely N-dealkylation sites (tertiary alicyclic amines) is 1. The maximum atomic E-state index is 13.8. The standard InChI is InChI=1S/C25H24N3O3/c29-23-14-22-24(21-13-19-9-5-4-8-18(19)12-20(21)23)28(30,31)25(26-22)10-11-27(16-25)15-17-6-2-1-3-7-17/h1-9,13-14,24,26,29H,10-12,15-16H2/q-1. The maximum absolute atomic E-state index is 13.8. The van der Waals surface area contributed by atoms with Crippen LogP contribution in [0.4, 0.5) is 0 Å². The molecule has 2 fully saturated rings. The summed E-state index contributed by atoms with van der Waals surface area (Å²) in [5.41, 5.74) is 4.00. The molecule has 0 saturated carbocycles. The topological polar surface area (TPSA) is 81.6 Å². The first kappa shape index (κ1) is 18.8. The molecular formula is C25H24N3O3-. The van der Waals surface area contributed by atoms with Crippen LogP contribution in [0.5, 0.6) is 0 Å². The van der Waals surface area contributed by atoms with Crippen molar-refractivity contribution < 1.29 is 9.92 Å². The molecule has 6 heteroatoms. The van der Waals surface area contributed by atoms with E-state index in [-0.39, 0.29) is 5.76 Å². The fraction of sp³-hybridized carbons (Fsp3) is 0.280. The van der Waals surface area contributed by atoms with Gasteiger partial charge in [0.25, 0.3) is 0 Å². The zero-order valence-electron chi connectivity index (χ0n) is 17.1. The van der Waals surface area contributed by atoms with Gasteiger partial charge in [-0.05, 0) is 22.8 Å². The van der Waals surface area contributed by atoms with E-state index in [0.717, 1.165) is 16.7 Å². The Morgan fingerprint density at radius 2 is 1.84 bits per heavy atom. The van der Waals surface area contributed by atoms with Gasteiger partial charge in [0.2, 0.25) is 0 Å². The molecular weight excluding hydrogens is 390 g/mol. The minimum atomic E-state index is -1.63. The van der Waals surface area contributed by atoms with Crippen molar-refractivity contribution in [3.8, 4) is 0 Å². The van der Waals surface area contributed by atoms with Gasteiger partial charge in [0.1, 0.15) is 5.76 Å². The van der Waals surface area contributed by atoms with Crippen molar-refractivity contribution in [2.24, 2.45) is 0 Å². The quantitative estimate of drug-likeness (QED) is 0.578. The molecule has 0 amide bonds. The Labute approximate surface area is 181 Å². The highest BCUT2D eigenvalue weighted by atomic mass is 16.9. The van der Waals surface area contributed by atoms with Gasteiger partial charge in [-0.3, -0.25) is 4.90 Å². The third-order valence-corrected chi connectivity index (χ3v) is 7.16. The number of allylic oxidation sites excluding steroid dienone is 1. The van der Waals surface area contributed by atoms with Crippen LogP contribution in [0.15, 0.2) is 83.3 Å². The second-order valence-corrected chi connectivity index (χ2v) is 9.04. The highest BCUT2D eigenvalue weighted by Gasteiger charge is 2.59. The lowest BCUT2D eigenvalue weighted by Crippen LogP contribution is -2.62. The molecule has 0 bridgehead atoms. The van der Waals surface area contributed by atoms with E-state index in [0.29, 0.717) is 49.3 Å². The zero-order valence-corrected chi connectivity index (χ0v) is 17.1. The molecule has 2 aliphatic heterocycles. The number of rotatable bonds is 2. The maximum Gasteiger partial charge on any atom is 0.186 e. The van der Waals surface area contributed by atoms with Crippen molar-refractivity contribution in [1.82, 2.24) is 10.2 Å². The van der Waals surface area contributed by atoms with E-state index in [9.17, 15) is 15.5 Å². The first-order valence-electron chi connectivity index (χ1n) is 10.8. The summed E-state index contributed by atoms with van der Waals surface area (Å²) >= 11 is 0. The summed E-state index contributed by atoms with van der Waals surface area (Å²) in [4.78, 5) is 0.538. The van der Waals surface area contributed by atoms with Crippen molar-refractivity contribution in [2.75, 3.05) is 13.1 Å². The fourth-order valence-electron chi connectivity index (χ4n) is 5.61. The molecule has 0 radical (unpaired) electrons.